The quantitative estimate of drug-likeness (QED) is 0.465. The summed E-state index contributed by atoms with van der Waals surface area (Å²) in [4.78, 5) is 24.8. The van der Waals surface area contributed by atoms with E-state index in [0.29, 0.717) is 17.0 Å². The van der Waals surface area contributed by atoms with Crippen molar-refractivity contribution in [1.82, 2.24) is 9.97 Å². The van der Waals surface area contributed by atoms with E-state index in [1.165, 1.54) is 6.92 Å². The molecule has 2 rings (SSSR count). The van der Waals surface area contributed by atoms with Crippen molar-refractivity contribution >= 4 is 29.2 Å². The fourth-order valence-corrected chi connectivity index (χ4v) is 2.60. The van der Waals surface area contributed by atoms with Gasteiger partial charge >= 0.3 is 0 Å². The van der Waals surface area contributed by atoms with Gasteiger partial charge in [0.25, 0.3) is 0 Å². The molecule has 0 aliphatic rings. The van der Waals surface area contributed by atoms with Gasteiger partial charge in [0.15, 0.2) is 5.78 Å². The lowest BCUT2D eigenvalue weighted by atomic mass is 9.96. The summed E-state index contributed by atoms with van der Waals surface area (Å²) < 4.78 is 0. The van der Waals surface area contributed by atoms with E-state index in [1.54, 1.807) is 42.9 Å². The molecule has 0 aliphatic carbocycles. The lowest BCUT2D eigenvalue weighted by Crippen LogP contribution is -1.99. The Morgan fingerprint density at radius 3 is 2.59 bits per heavy atom. The van der Waals surface area contributed by atoms with E-state index in [9.17, 15) is 9.90 Å². The molecular formula is C22H23N3O2. The molecule has 0 radical (unpaired) electrons. The smallest absolute Gasteiger partial charge is 0.160 e. The zero-order chi connectivity index (χ0) is 20.0. The summed E-state index contributed by atoms with van der Waals surface area (Å²) in [6.45, 7) is 10.7. The normalized spacial score (nSPS) is 12.4. The predicted molar refractivity (Wildman–Crippen MR) is 111 cm³/mol. The van der Waals surface area contributed by atoms with Crippen LogP contribution in [0.3, 0.4) is 0 Å². The third kappa shape index (κ3) is 4.85. The number of allylic oxidation sites excluding steroid dienone is 3. The van der Waals surface area contributed by atoms with Gasteiger partial charge in [0.1, 0.15) is 11.6 Å². The monoisotopic (exact) mass is 361 g/mol. The van der Waals surface area contributed by atoms with Crippen molar-refractivity contribution in [3.05, 3.63) is 71.5 Å². The van der Waals surface area contributed by atoms with Gasteiger partial charge in [-0.15, -0.1) is 0 Å². The van der Waals surface area contributed by atoms with Crippen molar-refractivity contribution < 1.29 is 9.90 Å². The van der Waals surface area contributed by atoms with Crippen molar-refractivity contribution in [2.75, 3.05) is 0 Å². The fourth-order valence-electron chi connectivity index (χ4n) is 2.60. The van der Waals surface area contributed by atoms with Crippen LogP contribution < -0.4 is 0 Å². The lowest BCUT2D eigenvalue weighted by molar-refractivity contribution is -0.111. The van der Waals surface area contributed by atoms with Gasteiger partial charge < -0.3 is 5.11 Å². The minimum absolute atomic E-state index is 0.00728. The van der Waals surface area contributed by atoms with Crippen LogP contribution in [0.25, 0.3) is 17.2 Å². The second-order valence-electron chi connectivity index (χ2n) is 6.00. The second-order valence-corrected chi connectivity index (χ2v) is 6.00. The molecule has 1 heterocycles. The number of hydrogen-bond donors (Lipinski definition) is 1. The Morgan fingerprint density at radius 1 is 1.30 bits per heavy atom. The Hall–Kier alpha value is -3.34. The molecule has 0 spiro atoms. The Kier molecular flexibility index (Phi) is 6.55. The summed E-state index contributed by atoms with van der Waals surface area (Å²) in [5, 5.41) is 10.5. The molecule has 138 valence electrons. The zero-order valence-corrected chi connectivity index (χ0v) is 16.0. The molecule has 0 fully saturated rings. The molecule has 27 heavy (non-hydrogen) atoms. The summed E-state index contributed by atoms with van der Waals surface area (Å²) in [7, 11) is 0. The van der Waals surface area contributed by atoms with Gasteiger partial charge in [-0.3, -0.25) is 9.79 Å². The number of carbonyl (C=O) groups excluding carboxylic acids is 1. The van der Waals surface area contributed by atoms with Gasteiger partial charge in [-0.05, 0) is 57.0 Å². The number of carbonyl (C=O) groups is 1. The Morgan fingerprint density at radius 2 is 2.04 bits per heavy atom. The van der Waals surface area contributed by atoms with E-state index in [-0.39, 0.29) is 11.5 Å². The summed E-state index contributed by atoms with van der Waals surface area (Å²) in [6, 6.07) is 5.14. The van der Waals surface area contributed by atoms with Gasteiger partial charge in [-0.2, -0.15) is 0 Å². The Labute approximate surface area is 159 Å². The average Bonchev–Trinajstić information content (AvgIpc) is 2.62. The van der Waals surface area contributed by atoms with Crippen LogP contribution in [0.4, 0.5) is 0 Å². The van der Waals surface area contributed by atoms with Crippen LogP contribution >= 0.6 is 0 Å². The maximum atomic E-state index is 12.2. The number of aromatic hydroxyl groups is 1. The highest BCUT2D eigenvalue weighted by Gasteiger charge is 2.14. The first kappa shape index (κ1) is 20.0. The standard InChI is InChI=1S/C22H23N3O2/c1-6-17(12-23-7-2)18-8-9-20(22(27)11-18)21(15(4)26)10-19-13-24-16(5)25-14(19)3/h6-13,27H,1H2,2-5H3/b17-12+,21-10+,23-7?. The molecule has 5 nitrogen and oxygen atoms in total. The van der Waals surface area contributed by atoms with Gasteiger partial charge in [0.05, 0.1) is 0 Å². The van der Waals surface area contributed by atoms with Crippen molar-refractivity contribution in [3.8, 4) is 5.75 Å². The zero-order valence-electron chi connectivity index (χ0n) is 16.0. The largest absolute Gasteiger partial charge is 0.507 e. The number of rotatable bonds is 6. The number of aryl methyl sites for hydroxylation is 2. The van der Waals surface area contributed by atoms with Gasteiger partial charge in [-0.1, -0.05) is 18.7 Å². The molecule has 0 unspecified atom stereocenters. The van der Waals surface area contributed by atoms with Crippen molar-refractivity contribution in [2.45, 2.75) is 27.7 Å². The van der Waals surface area contributed by atoms with Crippen molar-refractivity contribution in [2.24, 2.45) is 4.99 Å². The summed E-state index contributed by atoms with van der Waals surface area (Å²) in [5.74, 6) is 0.515. The Balaban J connectivity index is 2.54. The van der Waals surface area contributed by atoms with Crippen LogP contribution in [0.2, 0.25) is 0 Å². The fraction of sp³-hybridized carbons (Fsp3) is 0.182. The maximum Gasteiger partial charge on any atom is 0.160 e. The number of phenolic OH excluding ortho intramolecular Hbond substituents is 1. The SMILES string of the molecule is C=C/C(=C\N=CC)c1ccc(/C(=C/c2cnc(C)nc2C)C(C)=O)c(O)c1. The molecule has 0 saturated carbocycles. The highest BCUT2D eigenvalue weighted by atomic mass is 16.3. The first-order valence-electron chi connectivity index (χ1n) is 8.54. The molecule has 1 aromatic carbocycles. The van der Waals surface area contributed by atoms with Crippen LogP contribution in [-0.4, -0.2) is 27.1 Å². The van der Waals surface area contributed by atoms with E-state index in [4.69, 9.17) is 0 Å². The van der Waals surface area contributed by atoms with Crippen LogP contribution in [0.15, 0.2) is 48.2 Å². The second kappa shape index (κ2) is 8.85. The number of hydrogen-bond acceptors (Lipinski definition) is 5. The summed E-state index contributed by atoms with van der Waals surface area (Å²) in [5.41, 5.74) is 3.88. The van der Waals surface area contributed by atoms with E-state index in [2.05, 4.69) is 21.5 Å². The first-order valence-corrected chi connectivity index (χ1v) is 8.54. The first-order chi connectivity index (χ1) is 12.9. The molecular weight excluding hydrogens is 338 g/mol. The highest BCUT2D eigenvalue weighted by Crippen LogP contribution is 2.31. The predicted octanol–water partition coefficient (Wildman–Crippen LogP) is 4.55. The van der Waals surface area contributed by atoms with Gasteiger partial charge in [0, 0.05) is 41.0 Å². The number of benzene rings is 1. The van der Waals surface area contributed by atoms with E-state index < -0.39 is 0 Å². The van der Waals surface area contributed by atoms with E-state index in [0.717, 1.165) is 22.4 Å². The van der Waals surface area contributed by atoms with Crippen LogP contribution in [0.1, 0.15) is 42.1 Å². The molecule has 1 N–H and O–H groups in total. The molecule has 2 aromatic rings. The van der Waals surface area contributed by atoms with Gasteiger partial charge in [0.2, 0.25) is 0 Å². The molecule has 0 atom stereocenters. The number of ketones is 1. The lowest BCUT2D eigenvalue weighted by Gasteiger charge is -2.10. The molecule has 0 saturated heterocycles. The third-order valence-electron chi connectivity index (χ3n) is 4.02. The summed E-state index contributed by atoms with van der Waals surface area (Å²) in [6.07, 6.45) is 8.37. The number of nitrogens with zero attached hydrogens (tertiary/aromatic N) is 3. The molecule has 0 amide bonds. The molecule has 0 bridgehead atoms. The number of aliphatic imine (C=N–C) groups is 1. The van der Waals surface area contributed by atoms with Gasteiger partial charge in [-0.25, -0.2) is 9.97 Å². The summed E-state index contributed by atoms with van der Waals surface area (Å²) >= 11 is 0. The van der Waals surface area contributed by atoms with E-state index >= 15 is 0 Å². The number of aromatic nitrogens is 2. The van der Waals surface area contributed by atoms with E-state index in [1.807, 2.05) is 26.8 Å². The highest BCUT2D eigenvalue weighted by molar-refractivity contribution is 6.25. The van der Waals surface area contributed by atoms with Crippen molar-refractivity contribution in [3.63, 3.8) is 0 Å². The minimum atomic E-state index is -0.159. The Bertz CT molecular complexity index is 970. The molecule has 5 heteroatoms. The van der Waals surface area contributed by atoms with Crippen LogP contribution in [0.5, 0.6) is 5.75 Å². The topological polar surface area (TPSA) is 75.4 Å². The van der Waals surface area contributed by atoms with Crippen molar-refractivity contribution in [1.29, 1.82) is 0 Å². The molecule has 0 aliphatic heterocycles. The minimum Gasteiger partial charge on any atom is -0.507 e. The van der Waals surface area contributed by atoms with Crippen LogP contribution in [-0.2, 0) is 4.79 Å². The average molecular weight is 361 g/mol. The number of Topliss-reactive ketones (excluding diaryl/α,β-unsaturated/α-hetero) is 1. The number of phenols is 1. The van der Waals surface area contributed by atoms with Crippen LogP contribution in [0, 0.1) is 13.8 Å². The molecule has 1 aromatic heterocycles. The maximum absolute atomic E-state index is 12.2. The third-order valence-corrected chi connectivity index (χ3v) is 4.02.